The van der Waals surface area contributed by atoms with Gasteiger partial charge < -0.3 is 15.2 Å². The number of methoxy groups -OCH3 is 1. The SMILES string of the molecule is COC(NC(=S)Cc1ccncc1)C(=O)O. The van der Waals surface area contributed by atoms with Gasteiger partial charge in [0, 0.05) is 25.9 Å². The molecule has 0 spiro atoms. The summed E-state index contributed by atoms with van der Waals surface area (Å²) in [5, 5.41) is 11.3. The van der Waals surface area contributed by atoms with Crippen LogP contribution in [-0.4, -0.2) is 34.4 Å². The number of carboxylic acid groups (broad SMARTS) is 1. The average molecular weight is 240 g/mol. The van der Waals surface area contributed by atoms with Crippen molar-refractivity contribution in [1.29, 1.82) is 0 Å². The number of aliphatic carboxylic acids is 1. The third kappa shape index (κ3) is 3.92. The van der Waals surface area contributed by atoms with E-state index in [1.165, 1.54) is 7.11 Å². The molecule has 1 unspecified atom stereocenters. The van der Waals surface area contributed by atoms with Crippen molar-refractivity contribution in [2.24, 2.45) is 0 Å². The number of rotatable bonds is 5. The summed E-state index contributed by atoms with van der Waals surface area (Å²) >= 11 is 5.02. The molecule has 2 N–H and O–H groups in total. The van der Waals surface area contributed by atoms with Crippen LogP contribution in [0.25, 0.3) is 0 Å². The summed E-state index contributed by atoms with van der Waals surface area (Å²) in [6.07, 6.45) is 2.67. The van der Waals surface area contributed by atoms with Crippen molar-refractivity contribution in [3.63, 3.8) is 0 Å². The molecule has 1 aromatic rings. The molecule has 0 saturated carbocycles. The lowest BCUT2D eigenvalue weighted by molar-refractivity contribution is -0.149. The molecule has 1 heterocycles. The third-order valence-electron chi connectivity index (χ3n) is 1.87. The Hall–Kier alpha value is -1.53. The second-order valence-corrected chi connectivity index (χ2v) is 3.55. The molecule has 86 valence electrons. The molecule has 0 aliphatic rings. The van der Waals surface area contributed by atoms with Crippen LogP contribution >= 0.6 is 12.2 Å². The number of nitrogens with zero attached hydrogens (tertiary/aromatic N) is 1. The van der Waals surface area contributed by atoms with E-state index in [-0.39, 0.29) is 0 Å². The highest BCUT2D eigenvalue weighted by Crippen LogP contribution is 1.99. The number of ether oxygens (including phenoxy) is 1. The number of aromatic nitrogens is 1. The van der Waals surface area contributed by atoms with Crippen LogP contribution < -0.4 is 5.32 Å². The monoisotopic (exact) mass is 240 g/mol. The van der Waals surface area contributed by atoms with E-state index in [0.717, 1.165) is 5.56 Å². The molecule has 0 aliphatic carbocycles. The molecule has 6 heteroatoms. The third-order valence-corrected chi connectivity index (χ3v) is 2.13. The van der Waals surface area contributed by atoms with Crippen molar-refractivity contribution in [3.05, 3.63) is 30.1 Å². The zero-order chi connectivity index (χ0) is 12.0. The highest BCUT2D eigenvalue weighted by Gasteiger charge is 2.16. The lowest BCUT2D eigenvalue weighted by atomic mass is 10.2. The second kappa shape index (κ2) is 6.14. The highest BCUT2D eigenvalue weighted by molar-refractivity contribution is 7.80. The average Bonchev–Trinajstić information content (AvgIpc) is 2.27. The molecule has 0 radical (unpaired) electrons. The van der Waals surface area contributed by atoms with Crippen molar-refractivity contribution >= 4 is 23.2 Å². The number of pyridine rings is 1. The van der Waals surface area contributed by atoms with Crippen molar-refractivity contribution < 1.29 is 14.6 Å². The predicted molar refractivity (Wildman–Crippen MR) is 62.1 cm³/mol. The van der Waals surface area contributed by atoms with Gasteiger partial charge >= 0.3 is 5.97 Å². The maximum absolute atomic E-state index is 10.7. The first kappa shape index (κ1) is 12.5. The van der Waals surface area contributed by atoms with E-state index < -0.39 is 12.2 Å². The topological polar surface area (TPSA) is 71.5 Å². The minimum absolute atomic E-state index is 0.417. The summed E-state index contributed by atoms with van der Waals surface area (Å²) in [6.45, 7) is 0. The van der Waals surface area contributed by atoms with Crippen LogP contribution in [0, 0.1) is 0 Å². The molecule has 0 amide bonds. The van der Waals surface area contributed by atoms with Crippen LogP contribution in [0.1, 0.15) is 5.56 Å². The highest BCUT2D eigenvalue weighted by atomic mass is 32.1. The number of hydrogen-bond acceptors (Lipinski definition) is 4. The molecule has 1 aromatic heterocycles. The normalized spacial score (nSPS) is 11.8. The van der Waals surface area contributed by atoms with Crippen LogP contribution in [0.4, 0.5) is 0 Å². The molecular formula is C10H12N2O3S. The lowest BCUT2D eigenvalue weighted by Gasteiger charge is -2.14. The predicted octanol–water partition coefficient (Wildman–Crippen LogP) is 0.598. The standard InChI is InChI=1S/C10H12N2O3S/c1-15-9(10(13)14)12-8(16)6-7-2-4-11-5-3-7/h2-5,9H,6H2,1H3,(H,12,16)(H,13,14). The lowest BCUT2D eigenvalue weighted by Crippen LogP contribution is -2.41. The maximum Gasteiger partial charge on any atom is 0.353 e. The number of carboxylic acids is 1. The van der Waals surface area contributed by atoms with Crippen molar-refractivity contribution in [2.75, 3.05) is 7.11 Å². The minimum atomic E-state index is -1.10. The molecule has 0 aliphatic heterocycles. The van der Waals surface area contributed by atoms with Gasteiger partial charge in [-0.2, -0.15) is 0 Å². The minimum Gasteiger partial charge on any atom is -0.478 e. The van der Waals surface area contributed by atoms with E-state index in [1.54, 1.807) is 12.4 Å². The Bertz CT molecular complexity index is 370. The zero-order valence-electron chi connectivity index (χ0n) is 8.71. The molecule has 0 saturated heterocycles. The van der Waals surface area contributed by atoms with E-state index in [1.807, 2.05) is 12.1 Å². The number of nitrogens with one attached hydrogen (secondary N) is 1. The van der Waals surface area contributed by atoms with Crippen LogP contribution in [-0.2, 0) is 16.0 Å². The smallest absolute Gasteiger partial charge is 0.353 e. The Morgan fingerprint density at radius 2 is 2.25 bits per heavy atom. The Labute approximate surface area is 98.5 Å². The van der Waals surface area contributed by atoms with Crippen LogP contribution in [0.5, 0.6) is 0 Å². The van der Waals surface area contributed by atoms with E-state index in [9.17, 15) is 4.79 Å². The first-order chi connectivity index (χ1) is 7.63. The summed E-state index contributed by atoms with van der Waals surface area (Å²) in [6, 6.07) is 3.63. The van der Waals surface area contributed by atoms with Gasteiger partial charge in [0.1, 0.15) is 0 Å². The van der Waals surface area contributed by atoms with E-state index in [2.05, 4.69) is 10.3 Å². The number of carbonyl (C=O) groups is 1. The Balaban J connectivity index is 2.50. The van der Waals surface area contributed by atoms with Gasteiger partial charge in [0.2, 0.25) is 6.23 Å². The fourth-order valence-electron chi connectivity index (χ4n) is 1.10. The van der Waals surface area contributed by atoms with Gasteiger partial charge in [0.25, 0.3) is 0 Å². The molecular weight excluding hydrogens is 228 g/mol. The van der Waals surface area contributed by atoms with Gasteiger partial charge in [-0.05, 0) is 17.7 Å². The number of thiocarbonyl (C=S) groups is 1. The number of hydrogen-bond donors (Lipinski definition) is 2. The van der Waals surface area contributed by atoms with Gasteiger partial charge in [0.15, 0.2) is 0 Å². The molecule has 5 nitrogen and oxygen atoms in total. The largest absolute Gasteiger partial charge is 0.478 e. The molecule has 1 rings (SSSR count). The summed E-state index contributed by atoms with van der Waals surface area (Å²) in [4.78, 5) is 15.0. The second-order valence-electron chi connectivity index (χ2n) is 3.05. The van der Waals surface area contributed by atoms with Gasteiger partial charge in [-0.1, -0.05) is 12.2 Å². The first-order valence-corrected chi connectivity index (χ1v) is 4.98. The summed E-state index contributed by atoms with van der Waals surface area (Å²) in [7, 11) is 1.31. The Morgan fingerprint density at radius 3 is 2.75 bits per heavy atom. The fourth-order valence-corrected chi connectivity index (χ4v) is 1.38. The van der Waals surface area contributed by atoms with Crippen molar-refractivity contribution in [2.45, 2.75) is 12.6 Å². The van der Waals surface area contributed by atoms with Crippen molar-refractivity contribution in [1.82, 2.24) is 10.3 Å². The first-order valence-electron chi connectivity index (χ1n) is 4.57. The quantitative estimate of drug-likeness (QED) is 0.580. The van der Waals surface area contributed by atoms with Crippen LogP contribution in [0.2, 0.25) is 0 Å². The van der Waals surface area contributed by atoms with Gasteiger partial charge in [-0.15, -0.1) is 0 Å². The van der Waals surface area contributed by atoms with E-state index >= 15 is 0 Å². The van der Waals surface area contributed by atoms with Crippen molar-refractivity contribution in [3.8, 4) is 0 Å². The van der Waals surface area contributed by atoms with E-state index in [4.69, 9.17) is 22.1 Å². The Kier molecular flexibility index (Phi) is 4.81. The van der Waals surface area contributed by atoms with E-state index in [0.29, 0.717) is 11.4 Å². The molecule has 16 heavy (non-hydrogen) atoms. The molecule has 0 aromatic carbocycles. The van der Waals surface area contributed by atoms with Crippen LogP contribution in [0.3, 0.4) is 0 Å². The van der Waals surface area contributed by atoms with Gasteiger partial charge in [0.05, 0.1) is 4.99 Å². The Morgan fingerprint density at radius 1 is 1.62 bits per heavy atom. The molecule has 1 atom stereocenters. The fraction of sp³-hybridized carbons (Fsp3) is 0.300. The van der Waals surface area contributed by atoms with Gasteiger partial charge in [-0.3, -0.25) is 4.98 Å². The molecule has 0 fully saturated rings. The van der Waals surface area contributed by atoms with Gasteiger partial charge in [-0.25, -0.2) is 4.79 Å². The molecule has 0 bridgehead atoms. The summed E-state index contributed by atoms with van der Waals surface area (Å²) < 4.78 is 4.71. The maximum atomic E-state index is 10.7. The zero-order valence-corrected chi connectivity index (χ0v) is 9.53. The summed E-state index contributed by atoms with van der Waals surface area (Å²) in [5.41, 5.74) is 0.966. The van der Waals surface area contributed by atoms with Crippen LogP contribution in [0.15, 0.2) is 24.5 Å². The summed E-state index contributed by atoms with van der Waals surface area (Å²) in [5.74, 6) is -1.10.